The van der Waals surface area contributed by atoms with E-state index in [1.807, 2.05) is 34.2 Å². The van der Waals surface area contributed by atoms with E-state index in [4.69, 9.17) is 77.3 Å². The zero-order valence-corrected chi connectivity index (χ0v) is 25.4. The van der Waals surface area contributed by atoms with Crippen LogP contribution in [0.4, 0.5) is 10.8 Å². The molecule has 1 aromatic heterocycles. The Hall–Kier alpha value is -1.81. The predicted molar refractivity (Wildman–Crippen MR) is 160 cm³/mol. The molecule has 0 aliphatic carbocycles. The van der Waals surface area contributed by atoms with Crippen LogP contribution in [0.5, 0.6) is 17.2 Å². The first-order valence-electron chi connectivity index (χ1n) is 11.5. The number of hydrogen-bond donors (Lipinski definition) is 0. The van der Waals surface area contributed by atoms with Gasteiger partial charge in [-0.2, -0.15) is 5.10 Å². The van der Waals surface area contributed by atoms with Crippen LogP contribution >= 0.6 is 69.3 Å². The molecule has 1 unspecified atom stereocenters. The first-order valence-corrected chi connectivity index (χ1v) is 14.5. The highest BCUT2D eigenvalue weighted by Gasteiger charge is 2.35. The van der Waals surface area contributed by atoms with Crippen molar-refractivity contribution in [3.05, 3.63) is 56.0 Å². The molecule has 0 saturated carbocycles. The van der Waals surface area contributed by atoms with Crippen LogP contribution < -0.4 is 24.1 Å². The lowest BCUT2D eigenvalue weighted by atomic mass is 10.0. The first kappa shape index (κ1) is 29.2. The number of thiazole rings is 1. The average molecular weight is 639 g/mol. The maximum absolute atomic E-state index is 6.73. The van der Waals surface area contributed by atoms with E-state index in [0.29, 0.717) is 63.7 Å². The van der Waals surface area contributed by atoms with E-state index in [-0.39, 0.29) is 6.04 Å². The van der Waals surface area contributed by atoms with E-state index >= 15 is 0 Å². The van der Waals surface area contributed by atoms with Crippen molar-refractivity contribution in [1.82, 2.24) is 4.98 Å². The standard InChI is InChI=1S/C25H25Cl5N4O3S/c1-35-20-8-14(9-21(36-2)22(20)37-3)18-13-19(34(32-18)17-11-15(28)10-16(29)12-17)23-24(30)31-25(38-23)33(6-4-26)7-5-27/h8-12,19H,4-7,13H2,1-3H3. The third-order valence-electron chi connectivity index (χ3n) is 5.90. The van der Waals surface area contributed by atoms with Gasteiger partial charge < -0.3 is 19.1 Å². The minimum absolute atomic E-state index is 0.272. The molecule has 2 aromatic carbocycles. The number of benzene rings is 2. The molecule has 1 aliphatic heterocycles. The van der Waals surface area contributed by atoms with Gasteiger partial charge in [0.1, 0.15) is 5.15 Å². The molecule has 13 heteroatoms. The molecular weight excluding hydrogens is 614 g/mol. The van der Waals surface area contributed by atoms with Crippen molar-refractivity contribution in [2.45, 2.75) is 12.5 Å². The topological polar surface area (TPSA) is 59.4 Å². The fourth-order valence-corrected chi connectivity index (χ4v) is 6.59. The van der Waals surface area contributed by atoms with Crippen molar-refractivity contribution in [2.24, 2.45) is 5.10 Å². The maximum atomic E-state index is 6.73. The number of hydrazone groups is 1. The molecule has 1 atom stereocenters. The smallest absolute Gasteiger partial charge is 0.203 e. The molecule has 7 nitrogen and oxygen atoms in total. The Morgan fingerprint density at radius 1 is 0.921 bits per heavy atom. The molecule has 0 N–H and O–H groups in total. The number of rotatable bonds is 11. The molecule has 0 radical (unpaired) electrons. The molecule has 4 rings (SSSR count). The predicted octanol–water partition coefficient (Wildman–Crippen LogP) is 7.77. The summed E-state index contributed by atoms with van der Waals surface area (Å²) in [4.78, 5) is 7.51. The third-order valence-corrected chi connectivity index (χ3v) is 8.29. The van der Waals surface area contributed by atoms with E-state index in [0.717, 1.165) is 27.0 Å². The van der Waals surface area contributed by atoms with Crippen molar-refractivity contribution in [3.8, 4) is 17.2 Å². The Morgan fingerprint density at radius 3 is 2.05 bits per heavy atom. The molecular formula is C25H25Cl5N4O3S. The molecule has 1 aliphatic rings. The highest BCUT2D eigenvalue weighted by molar-refractivity contribution is 7.16. The monoisotopic (exact) mass is 636 g/mol. The fraction of sp³-hybridized carbons (Fsp3) is 0.360. The third kappa shape index (κ3) is 6.16. The lowest BCUT2D eigenvalue weighted by molar-refractivity contribution is 0.324. The zero-order valence-electron chi connectivity index (χ0n) is 20.8. The quantitative estimate of drug-likeness (QED) is 0.200. The van der Waals surface area contributed by atoms with Gasteiger partial charge in [-0.1, -0.05) is 46.1 Å². The number of methoxy groups -OCH3 is 3. The maximum Gasteiger partial charge on any atom is 0.203 e. The molecule has 204 valence electrons. The molecule has 0 saturated heterocycles. The van der Waals surface area contributed by atoms with Gasteiger partial charge in [0.05, 0.1) is 43.6 Å². The van der Waals surface area contributed by atoms with Crippen LogP contribution in [-0.2, 0) is 0 Å². The number of aromatic nitrogens is 1. The van der Waals surface area contributed by atoms with E-state index in [1.54, 1.807) is 27.4 Å². The highest BCUT2D eigenvalue weighted by Crippen LogP contribution is 2.46. The lowest BCUT2D eigenvalue weighted by Crippen LogP contribution is -2.27. The number of ether oxygens (including phenoxy) is 3. The second kappa shape index (κ2) is 13.0. The highest BCUT2D eigenvalue weighted by atomic mass is 35.5. The molecule has 0 fully saturated rings. The Balaban J connectivity index is 1.81. The fourth-order valence-electron chi connectivity index (χ4n) is 4.20. The lowest BCUT2D eigenvalue weighted by Gasteiger charge is -2.23. The number of halogens is 5. The van der Waals surface area contributed by atoms with Crippen LogP contribution in [0.1, 0.15) is 22.9 Å². The van der Waals surface area contributed by atoms with Gasteiger partial charge in [0.2, 0.25) is 5.75 Å². The molecule has 38 heavy (non-hydrogen) atoms. The minimum Gasteiger partial charge on any atom is -0.493 e. The van der Waals surface area contributed by atoms with Crippen molar-refractivity contribution >= 4 is 85.9 Å². The van der Waals surface area contributed by atoms with Crippen molar-refractivity contribution in [2.75, 3.05) is 56.1 Å². The van der Waals surface area contributed by atoms with E-state index in [9.17, 15) is 0 Å². The second-order valence-electron chi connectivity index (χ2n) is 8.17. The molecule has 0 amide bonds. The van der Waals surface area contributed by atoms with Gasteiger partial charge in [-0.25, -0.2) is 4.98 Å². The number of nitrogens with zero attached hydrogens (tertiary/aromatic N) is 4. The summed E-state index contributed by atoms with van der Waals surface area (Å²) < 4.78 is 16.6. The largest absolute Gasteiger partial charge is 0.493 e. The van der Waals surface area contributed by atoms with E-state index < -0.39 is 0 Å². The summed E-state index contributed by atoms with van der Waals surface area (Å²) in [7, 11) is 4.72. The Bertz CT molecular complexity index is 1270. The van der Waals surface area contributed by atoms with Crippen LogP contribution in [0.2, 0.25) is 15.2 Å². The van der Waals surface area contributed by atoms with E-state index in [2.05, 4.69) is 4.98 Å². The second-order valence-corrected chi connectivity index (χ2v) is 11.2. The van der Waals surface area contributed by atoms with Gasteiger partial charge in [-0.15, -0.1) is 23.2 Å². The SMILES string of the molecule is COc1cc(C2=NN(c3cc(Cl)cc(Cl)c3)C(c3sc(N(CCCl)CCCl)nc3Cl)C2)cc(OC)c1OC. The van der Waals surface area contributed by atoms with Gasteiger partial charge in [0, 0.05) is 46.9 Å². The Kier molecular flexibility index (Phi) is 10.0. The summed E-state index contributed by atoms with van der Waals surface area (Å²) in [5.74, 6) is 2.44. The normalized spacial score (nSPS) is 15.0. The van der Waals surface area contributed by atoms with E-state index in [1.165, 1.54) is 11.3 Å². The summed E-state index contributed by atoms with van der Waals surface area (Å²) in [6.45, 7) is 1.20. The number of alkyl halides is 2. The van der Waals surface area contributed by atoms with Gasteiger partial charge in [0.15, 0.2) is 16.6 Å². The van der Waals surface area contributed by atoms with Crippen LogP contribution in [0.3, 0.4) is 0 Å². The summed E-state index contributed by atoms with van der Waals surface area (Å²) in [5.41, 5.74) is 2.32. The van der Waals surface area contributed by atoms with Crippen molar-refractivity contribution in [1.29, 1.82) is 0 Å². The summed E-state index contributed by atoms with van der Waals surface area (Å²) in [6.07, 6.45) is 0.523. The average Bonchev–Trinajstić information content (AvgIpc) is 3.51. The summed E-state index contributed by atoms with van der Waals surface area (Å²) in [6, 6.07) is 8.76. The first-order chi connectivity index (χ1) is 18.3. The van der Waals surface area contributed by atoms with Crippen molar-refractivity contribution in [3.63, 3.8) is 0 Å². The minimum atomic E-state index is -0.272. The number of hydrogen-bond acceptors (Lipinski definition) is 8. The van der Waals surface area contributed by atoms with Crippen molar-refractivity contribution < 1.29 is 14.2 Å². The molecule has 2 heterocycles. The summed E-state index contributed by atoms with van der Waals surface area (Å²) >= 11 is 33.0. The van der Waals surface area contributed by atoms with Gasteiger partial charge in [-0.05, 0) is 30.3 Å². The zero-order chi connectivity index (χ0) is 27.4. The molecule has 3 aromatic rings. The van der Waals surface area contributed by atoms with Gasteiger partial charge >= 0.3 is 0 Å². The van der Waals surface area contributed by atoms with Gasteiger partial charge in [-0.3, -0.25) is 5.01 Å². The van der Waals surface area contributed by atoms with Crippen LogP contribution in [-0.4, -0.2) is 56.9 Å². The van der Waals surface area contributed by atoms with Crippen LogP contribution in [0.25, 0.3) is 0 Å². The Labute approximate surface area is 250 Å². The molecule has 0 bridgehead atoms. The number of anilines is 2. The van der Waals surface area contributed by atoms with Gasteiger partial charge in [0.25, 0.3) is 0 Å². The van der Waals surface area contributed by atoms with Crippen LogP contribution in [0, 0.1) is 0 Å². The molecule has 0 spiro atoms. The summed E-state index contributed by atoms with van der Waals surface area (Å²) in [5, 5.41) is 8.98. The Morgan fingerprint density at radius 2 is 1.53 bits per heavy atom. The van der Waals surface area contributed by atoms with Crippen LogP contribution in [0.15, 0.2) is 35.4 Å².